The van der Waals surface area contributed by atoms with Crippen molar-refractivity contribution in [2.75, 3.05) is 32.3 Å². The van der Waals surface area contributed by atoms with Crippen molar-refractivity contribution >= 4 is 21.6 Å². The van der Waals surface area contributed by atoms with Gasteiger partial charge in [-0.1, -0.05) is 28.1 Å². The first kappa shape index (κ1) is 19.9. The van der Waals surface area contributed by atoms with Gasteiger partial charge in [0.2, 0.25) is 5.75 Å². The fourth-order valence-electron chi connectivity index (χ4n) is 4.34. The van der Waals surface area contributed by atoms with Crippen molar-refractivity contribution < 1.29 is 14.2 Å². The monoisotopic (exact) mass is 483 g/mol. The van der Waals surface area contributed by atoms with E-state index in [0.29, 0.717) is 24.7 Å². The largest absolute Gasteiger partial charge is 0.493 e. The number of nitrogens with zero attached hydrogens (tertiary/aromatic N) is 3. The highest BCUT2D eigenvalue weighted by atomic mass is 79.9. The zero-order valence-electron chi connectivity index (χ0n) is 17.3. The van der Waals surface area contributed by atoms with Gasteiger partial charge in [0.1, 0.15) is 12.3 Å². The molecule has 1 aromatic heterocycles. The third-order valence-electron chi connectivity index (χ3n) is 5.92. The molecule has 0 radical (unpaired) electrons. The van der Waals surface area contributed by atoms with E-state index < -0.39 is 0 Å². The first-order valence-corrected chi connectivity index (χ1v) is 10.9. The van der Waals surface area contributed by atoms with Crippen molar-refractivity contribution in [3.8, 4) is 17.2 Å². The lowest BCUT2D eigenvalue weighted by atomic mass is 9.91. The topological polar surface area (TPSA) is 65.8 Å². The Hall–Kier alpha value is -3.00. The Kier molecular flexibility index (Phi) is 5.09. The highest BCUT2D eigenvalue weighted by Crippen LogP contribution is 2.43. The van der Waals surface area contributed by atoms with E-state index in [2.05, 4.69) is 25.9 Å². The average Bonchev–Trinajstić information content (AvgIpc) is 2.80. The van der Waals surface area contributed by atoms with Crippen LogP contribution in [0.15, 0.2) is 51.9 Å². The van der Waals surface area contributed by atoms with E-state index in [1.807, 2.05) is 36.4 Å². The summed E-state index contributed by atoms with van der Waals surface area (Å²) in [6.45, 7) is 1.57. The van der Waals surface area contributed by atoms with Crippen LogP contribution in [0.25, 0.3) is 0 Å². The molecule has 0 saturated heterocycles. The van der Waals surface area contributed by atoms with Crippen LogP contribution in [-0.2, 0) is 13.0 Å². The molecule has 160 valence electrons. The molecule has 2 aliphatic heterocycles. The van der Waals surface area contributed by atoms with Gasteiger partial charge in [0.15, 0.2) is 11.5 Å². The van der Waals surface area contributed by atoms with Crippen LogP contribution in [0.5, 0.6) is 17.2 Å². The van der Waals surface area contributed by atoms with Gasteiger partial charge < -0.3 is 19.1 Å². The van der Waals surface area contributed by atoms with Crippen LogP contribution >= 0.6 is 15.9 Å². The molecule has 0 amide bonds. The van der Waals surface area contributed by atoms with E-state index >= 15 is 0 Å². The fraction of sp³-hybridized carbons (Fsp3) is 0.304. The summed E-state index contributed by atoms with van der Waals surface area (Å²) in [6.07, 6.45) is 2.58. The minimum atomic E-state index is -0.211. The molecule has 7 nitrogen and oxygen atoms in total. The molecular formula is C23H22BrN3O4. The molecule has 0 N–H and O–H groups in total. The lowest BCUT2D eigenvalue weighted by Crippen LogP contribution is -2.44. The predicted molar refractivity (Wildman–Crippen MR) is 121 cm³/mol. The fourth-order valence-corrected chi connectivity index (χ4v) is 4.60. The molecule has 31 heavy (non-hydrogen) atoms. The van der Waals surface area contributed by atoms with Crippen molar-refractivity contribution in [2.24, 2.45) is 0 Å². The van der Waals surface area contributed by atoms with Crippen molar-refractivity contribution in [1.29, 1.82) is 0 Å². The first-order valence-electron chi connectivity index (χ1n) is 10.1. The predicted octanol–water partition coefficient (Wildman–Crippen LogP) is 3.57. The highest BCUT2D eigenvalue weighted by Gasteiger charge is 2.36. The Bertz CT molecular complexity index is 1190. The number of aromatic nitrogens is 2. The van der Waals surface area contributed by atoms with Gasteiger partial charge in [0.05, 0.1) is 33.0 Å². The molecular weight excluding hydrogens is 462 g/mol. The summed E-state index contributed by atoms with van der Waals surface area (Å²) < 4.78 is 19.4. The Morgan fingerprint density at radius 2 is 1.90 bits per heavy atom. The Morgan fingerprint density at radius 3 is 2.65 bits per heavy atom. The summed E-state index contributed by atoms with van der Waals surface area (Å²) in [5, 5.41) is 4.44. The third kappa shape index (κ3) is 3.44. The van der Waals surface area contributed by atoms with E-state index in [9.17, 15) is 4.79 Å². The van der Waals surface area contributed by atoms with E-state index in [1.165, 1.54) is 10.2 Å². The lowest BCUT2D eigenvalue weighted by molar-refractivity contribution is 0.251. The Balaban J connectivity index is 1.48. The second-order valence-electron chi connectivity index (χ2n) is 7.62. The summed E-state index contributed by atoms with van der Waals surface area (Å²) in [6, 6.07) is 11.9. The smallest absolute Gasteiger partial charge is 0.311 e. The Labute approximate surface area is 188 Å². The minimum Gasteiger partial charge on any atom is -0.493 e. The van der Waals surface area contributed by atoms with Gasteiger partial charge >= 0.3 is 5.56 Å². The summed E-state index contributed by atoms with van der Waals surface area (Å²) in [5.41, 5.74) is 3.88. The van der Waals surface area contributed by atoms with E-state index in [4.69, 9.17) is 14.2 Å². The third-order valence-corrected chi connectivity index (χ3v) is 6.45. The number of hydrogen-bond donors (Lipinski definition) is 0. The van der Waals surface area contributed by atoms with Gasteiger partial charge in [-0.2, -0.15) is 5.10 Å². The molecule has 5 rings (SSSR count). The van der Waals surface area contributed by atoms with Gasteiger partial charge in [0, 0.05) is 11.0 Å². The molecule has 8 heteroatoms. The van der Waals surface area contributed by atoms with Crippen molar-refractivity contribution in [2.45, 2.75) is 19.0 Å². The molecule has 2 aliphatic rings. The zero-order chi connectivity index (χ0) is 21.5. The SMILES string of the molecule is COc1cc2c(cc1OC)[C@H]1COc3c(cnn(Cc4ccc(Br)cc4)c3=O)N1CC2. The van der Waals surface area contributed by atoms with Crippen molar-refractivity contribution in [3.05, 3.63) is 74.1 Å². The standard InChI is InChI=1S/C23H22BrN3O4/c1-29-20-9-15-7-8-26-18-11-25-27(12-14-3-5-16(24)6-4-14)23(28)22(18)31-13-19(26)17(15)10-21(20)30-2/h3-6,9-11,19H,7-8,12-13H2,1-2H3/t19-/m1/s1. The molecule has 0 unspecified atom stereocenters. The number of rotatable bonds is 4. The number of methoxy groups -OCH3 is 2. The average molecular weight is 484 g/mol. The molecule has 0 fully saturated rings. The molecule has 1 atom stereocenters. The second kappa shape index (κ2) is 7.92. The maximum Gasteiger partial charge on any atom is 0.311 e. The molecule has 0 saturated carbocycles. The number of hydrogen-bond acceptors (Lipinski definition) is 6. The van der Waals surface area contributed by atoms with E-state index in [1.54, 1.807) is 20.4 Å². The van der Waals surface area contributed by atoms with E-state index in [0.717, 1.165) is 40.0 Å². The zero-order valence-corrected chi connectivity index (χ0v) is 18.9. The van der Waals surface area contributed by atoms with Crippen LogP contribution in [0.3, 0.4) is 0 Å². The normalized spacial score (nSPS) is 16.6. The number of halogens is 1. The van der Waals surface area contributed by atoms with Gasteiger partial charge in [-0.3, -0.25) is 4.79 Å². The number of anilines is 1. The van der Waals surface area contributed by atoms with E-state index in [-0.39, 0.29) is 11.6 Å². The number of benzene rings is 2. The maximum absolute atomic E-state index is 13.1. The summed E-state index contributed by atoms with van der Waals surface area (Å²) >= 11 is 3.43. The first-order chi connectivity index (χ1) is 15.1. The maximum atomic E-state index is 13.1. The van der Waals surface area contributed by atoms with Crippen LogP contribution in [0.1, 0.15) is 22.7 Å². The summed E-state index contributed by atoms with van der Waals surface area (Å²) in [5.74, 6) is 1.79. The number of fused-ring (bicyclic) bond motifs is 5. The van der Waals surface area contributed by atoms with Gasteiger partial charge in [-0.25, -0.2) is 4.68 Å². The number of ether oxygens (including phenoxy) is 3. The molecule has 3 aromatic rings. The highest BCUT2D eigenvalue weighted by molar-refractivity contribution is 9.10. The molecule has 0 aliphatic carbocycles. The molecule has 0 bridgehead atoms. The lowest BCUT2D eigenvalue weighted by Gasteiger charge is -2.42. The minimum absolute atomic E-state index is 0.000389. The van der Waals surface area contributed by atoms with Gasteiger partial charge in [-0.15, -0.1) is 0 Å². The van der Waals surface area contributed by atoms with Crippen LogP contribution in [0.4, 0.5) is 5.69 Å². The van der Waals surface area contributed by atoms with Crippen molar-refractivity contribution in [1.82, 2.24) is 9.78 Å². The quantitative estimate of drug-likeness (QED) is 0.565. The summed E-state index contributed by atoms with van der Waals surface area (Å²) in [4.78, 5) is 15.3. The molecule has 2 aromatic carbocycles. The molecule has 0 spiro atoms. The van der Waals surface area contributed by atoms with Gasteiger partial charge in [0.25, 0.3) is 0 Å². The summed E-state index contributed by atoms with van der Waals surface area (Å²) in [7, 11) is 3.28. The second-order valence-corrected chi connectivity index (χ2v) is 8.54. The Morgan fingerprint density at radius 1 is 1.16 bits per heavy atom. The molecule has 3 heterocycles. The van der Waals surface area contributed by atoms with Crippen LogP contribution < -0.4 is 24.7 Å². The van der Waals surface area contributed by atoms with Crippen LogP contribution in [0, 0.1) is 0 Å². The van der Waals surface area contributed by atoms with Gasteiger partial charge in [-0.05, 0) is 47.4 Å². The van der Waals surface area contributed by atoms with Crippen molar-refractivity contribution in [3.63, 3.8) is 0 Å². The van der Waals surface area contributed by atoms with Crippen LogP contribution in [0.2, 0.25) is 0 Å². The van der Waals surface area contributed by atoms with Crippen LogP contribution in [-0.4, -0.2) is 37.2 Å².